The van der Waals surface area contributed by atoms with Gasteiger partial charge < -0.3 is 5.32 Å². The fourth-order valence-electron chi connectivity index (χ4n) is 3.21. The standard InChI is InChI=1S/C23H16ClFN4O4S/c1-13(21(30)26-19-12-14(29(32)33)10-11-16(19)24)34-23-27-18-8-4-2-6-15(18)22(31)28(23)20-9-5-3-7-17(20)25/h2-13H,1H3,(H,26,30)/t13-/m1/s1. The molecule has 1 atom stereocenters. The van der Waals surface area contributed by atoms with Crippen LogP contribution in [0.2, 0.25) is 5.02 Å². The Morgan fingerprint density at radius 1 is 1.18 bits per heavy atom. The molecular weight excluding hydrogens is 483 g/mol. The highest BCUT2D eigenvalue weighted by Gasteiger charge is 2.22. The summed E-state index contributed by atoms with van der Waals surface area (Å²) < 4.78 is 15.8. The first-order chi connectivity index (χ1) is 16.3. The molecule has 11 heteroatoms. The molecule has 0 aliphatic carbocycles. The molecule has 1 amide bonds. The smallest absolute Gasteiger partial charge is 0.271 e. The van der Waals surface area contributed by atoms with Crippen LogP contribution < -0.4 is 10.9 Å². The van der Waals surface area contributed by atoms with Crippen molar-refractivity contribution in [2.45, 2.75) is 17.3 Å². The molecule has 0 aliphatic rings. The van der Waals surface area contributed by atoms with E-state index in [0.717, 1.165) is 22.4 Å². The molecule has 0 radical (unpaired) electrons. The summed E-state index contributed by atoms with van der Waals surface area (Å²) >= 11 is 7.02. The third-order valence-electron chi connectivity index (χ3n) is 4.91. The Morgan fingerprint density at radius 3 is 2.62 bits per heavy atom. The number of benzene rings is 3. The van der Waals surface area contributed by atoms with Gasteiger partial charge in [-0.2, -0.15) is 0 Å². The molecule has 4 aromatic rings. The van der Waals surface area contributed by atoms with E-state index < -0.39 is 27.5 Å². The Balaban J connectivity index is 1.72. The predicted molar refractivity (Wildman–Crippen MR) is 129 cm³/mol. The van der Waals surface area contributed by atoms with Crippen molar-refractivity contribution in [1.29, 1.82) is 0 Å². The highest BCUT2D eigenvalue weighted by Crippen LogP contribution is 2.30. The van der Waals surface area contributed by atoms with Crippen LogP contribution in [-0.2, 0) is 4.79 Å². The van der Waals surface area contributed by atoms with Gasteiger partial charge in [0.2, 0.25) is 5.91 Å². The van der Waals surface area contributed by atoms with Gasteiger partial charge in [0, 0.05) is 12.1 Å². The Hall–Kier alpha value is -3.76. The molecule has 0 saturated carbocycles. The number of nitro groups is 1. The van der Waals surface area contributed by atoms with Crippen LogP contribution in [0.3, 0.4) is 0 Å². The van der Waals surface area contributed by atoms with E-state index in [1.165, 1.54) is 30.3 Å². The number of para-hydroxylation sites is 2. The number of aromatic nitrogens is 2. The van der Waals surface area contributed by atoms with E-state index in [1.54, 1.807) is 37.3 Å². The summed E-state index contributed by atoms with van der Waals surface area (Å²) in [5.74, 6) is -1.15. The van der Waals surface area contributed by atoms with E-state index in [9.17, 15) is 24.1 Å². The minimum atomic E-state index is -0.818. The number of nitro benzene ring substituents is 1. The summed E-state index contributed by atoms with van der Waals surface area (Å²) in [7, 11) is 0. The van der Waals surface area contributed by atoms with Crippen molar-refractivity contribution in [1.82, 2.24) is 9.55 Å². The summed E-state index contributed by atoms with van der Waals surface area (Å²) in [4.78, 5) is 41.1. The number of fused-ring (bicyclic) bond motifs is 1. The fraction of sp³-hybridized carbons (Fsp3) is 0.0870. The maximum absolute atomic E-state index is 14.6. The molecule has 172 valence electrons. The van der Waals surface area contributed by atoms with Crippen LogP contribution in [0.5, 0.6) is 0 Å². The van der Waals surface area contributed by atoms with Crippen LogP contribution in [0.4, 0.5) is 15.8 Å². The molecule has 1 N–H and O–H groups in total. The van der Waals surface area contributed by atoms with Crippen molar-refractivity contribution >= 4 is 51.5 Å². The van der Waals surface area contributed by atoms with Gasteiger partial charge in [-0.1, -0.05) is 47.6 Å². The number of rotatable bonds is 6. The maximum Gasteiger partial charge on any atom is 0.271 e. The topological polar surface area (TPSA) is 107 Å². The molecule has 8 nitrogen and oxygen atoms in total. The zero-order chi connectivity index (χ0) is 24.4. The summed E-state index contributed by atoms with van der Waals surface area (Å²) in [6.45, 7) is 1.57. The van der Waals surface area contributed by atoms with Gasteiger partial charge in [0.15, 0.2) is 5.16 Å². The summed E-state index contributed by atoms with van der Waals surface area (Å²) in [6, 6.07) is 16.1. The van der Waals surface area contributed by atoms with Gasteiger partial charge in [-0.3, -0.25) is 24.3 Å². The Labute approximate surface area is 201 Å². The van der Waals surface area contributed by atoms with E-state index >= 15 is 0 Å². The molecule has 0 bridgehead atoms. The van der Waals surface area contributed by atoms with Crippen LogP contribution in [-0.4, -0.2) is 25.6 Å². The van der Waals surface area contributed by atoms with E-state index in [-0.39, 0.29) is 27.2 Å². The molecular formula is C23H16ClFN4O4S. The maximum atomic E-state index is 14.6. The fourth-order valence-corrected chi connectivity index (χ4v) is 4.29. The van der Waals surface area contributed by atoms with Crippen LogP contribution in [0.15, 0.2) is 76.7 Å². The number of anilines is 1. The minimum Gasteiger partial charge on any atom is -0.324 e. The molecule has 0 fully saturated rings. The predicted octanol–water partition coefficient (Wildman–Crippen LogP) is 5.21. The highest BCUT2D eigenvalue weighted by molar-refractivity contribution is 8.00. The molecule has 0 spiro atoms. The van der Waals surface area contributed by atoms with Crippen molar-refractivity contribution in [3.8, 4) is 5.69 Å². The molecule has 4 rings (SSSR count). The van der Waals surface area contributed by atoms with E-state index in [1.807, 2.05) is 0 Å². The Bertz CT molecular complexity index is 1490. The third-order valence-corrected chi connectivity index (χ3v) is 6.29. The average Bonchev–Trinajstić information content (AvgIpc) is 2.81. The molecule has 0 unspecified atom stereocenters. The lowest BCUT2D eigenvalue weighted by molar-refractivity contribution is -0.384. The summed E-state index contributed by atoms with van der Waals surface area (Å²) in [5.41, 5.74) is -0.233. The molecule has 34 heavy (non-hydrogen) atoms. The van der Waals surface area contributed by atoms with Crippen molar-refractivity contribution in [3.63, 3.8) is 0 Å². The molecule has 3 aromatic carbocycles. The van der Waals surface area contributed by atoms with E-state index in [4.69, 9.17) is 11.6 Å². The monoisotopic (exact) mass is 498 g/mol. The van der Waals surface area contributed by atoms with Crippen LogP contribution in [0, 0.1) is 15.9 Å². The molecule has 1 heterocycles. The zero-order valence-electron chi connectivity index (χ0n) is 17.6. The highest BCUT2D eigenvalue weighted by atomic mass is 35.5. The number of carbonyl (C=O) groups is 1. The minimum absolute atomic E-state index is 0.00240. The first kappa shape index (κ1) is 23.4. The second kappa shape index (κ2) is 9.62. The van der Waals surface area contributed by atoms with Gasteiger partial charge in [0.1, 0.15) is 5.82 Å². The number of non-ortho nitro benzene ring substituents is 1. The normalized spacial score (nSPS) is 11.9. The van der Waals surface area contributed by atoms with Crippen molar-refractivity contribution in [2.24, 2.45) is 0 Å². The van der Waals surface area contributed by atoms with Crippen molar-refractivity contribution in [2.75, 3.05) is 5.32 Å². The van der Waals surface area contributed by atoms with Crippen molar-refractivity contribution < 1.29 is 14.1 Å². The van der Waals surface area contributed by atoms with Gasteiger partial charge in [-0.25, -0.2) is 9.37 Å². The van der Waals surface area contributed by atoms with Gasteiger partial charge in [0.05, 0.1) is 37.5 Å². The quantitative estimate of drug-likeness (QED) is 0.169. The lowest BCUT2D eigenvalue weighted by atomic mass is 10.2. The Kier molecular flexibility index (Phi) is 6.62. The van der Waals surface area contributed by atoms with Gasteiger partial charge >= 0.3 is 0 Å². The number of nitrogens with one attached hydrogen (secondary N) is 1. The van der Waals surface area contributed by atoms with Crippen LogP contribution in [0.25, 0.3) is 16.6 Å². The number of amides is 1. The number of nitrogens with zero attached hydrogens (tertiary/aromatic N) is 3. The first-order valence-corrected chi connectivity index (χ1v) is 11.2. The van der Waals surface area contributed by atoms with Gasteiger partial charge in [0.25, 0.3) is 11.2 Å². The zero-order valence-corrected chi connectivity index (χ0v) is 19.1. The van der Waals surface area contributed by atoms with Crippen LogP contribution in [0.1, 0.15) is 6.92 Å². The molecule has 0 saturated heterocycles. The van der Waals surface area contributed by atoms with Gasteiger partial charge in [-0.05, 0) is 37.3 Å². The lowest BCUT2D eigenvalue weighted by Crippen LogP contribution is -2.26. The van der Waals surface area contributed by atoms with Crippen LogP contribution >= 0.6 is 23.4 Å². The SMILES string of the molecule is C[C@@H](Sc1nc2ccccc2c(=O)n1-c1ccccc1F)C(=O)Nc1cc([N+](=O)[O-])ccc1Cl. The summed E-state index contributed by atoms with van der Waals surface area (Å²) in [5, 5.41) is 13.3. The molecule has 1 aromatic heterocycles. The second-order valence-corrected chi connectivity index (χ2v) is 8.89. The number of thioether (sulfide) groups is 1. The van der Waals surface area contributed by atoms with E-state index in [2.05, 4.69) is 10.3 Å². The summed E-state index contributed by atoms with van der Waals surface area (Å²) in [6.07, 6.45) is 0. The van der Waals surface area contributed by atoms with E-state index in [0.29, 0.717) is 10.9 Å². The number of halogens is 2. The second-order valence-electron chi connectivity index (χ2n) is 7.17. The number of hydrogen-bond acceptors (Lipinski definition) is 6. The number of carbonyl (C=O) groups excluding carboxylic acids is 1. The van der Waals surface area contributed by atoms with Crippen molar-refractivity contribution in [3.05, 3.63) is 98.0 Å². The van der Waals surface area contributed by atoms with Gasteiger partial charge in [-0.15, -0.1) is 0 Å². The first-order valence-electron chi connectivity index (χ1n) is 9.94. The third kappa shape index (κ3) is 4.63. The molecule has 0 aliphatic heterocycles. The Morgan fingerprint density at radius 2 is 1.88 bits per heavy atom. The average molecular weight is 499 g/mol. The number of hydrogen-bond donors (Lipinski definition) is 1. The lowest BCUT2D eigenvalue weighted by Gasteiger charge is -2.17. The largest absolute Gasteiger partial charge is 0.324 e.